The Morgan fingerprint density at radius 2 is 2.18 bits per heavy atom. The lowest BCUT2D eigenvalue weighted by atomic mass is 10.1. The summed E-state index contributed by atoms with van der Waals surface area (Å²) >= 11 is 0. The number of ether oxygens (including phenoxy) is 1. The summed E-state index contributed by atoms with van der Waals surface area (Å²) in [6.45, 7) is 1.61. The fourth-order valence-electron chi connectivity index (χ4n) is 2.46. The molecule has 94 valence electrons. The number of nitrogens with one attached hydrogen (secondary N) is 1. The topological polar surface area (TPSA) is 47.3 Å². The third-order valence-corrected chi connectivity index (χ3v) is 3.37. The number of methoxy groups -OCH3 is 1. The fraction of sp³-hybridized carbons (Fsp3) is 0.571. The van der Waals surface area contributed by atoms with Crippen LogP contribution in [0.3, 0.4) is 0 Å². The van der Waals surface area contributed by atoms with Crippen LogP contribution in [0.2, 0.25) is 0 Å². The normalized spacial score (nSPS) is 24.1. The Bertz CT molecular complexity index is 354. The van der Waals surface area contributed by atoms with Crippen LogP contribution in [0.5, 0.6) is 0 Å². The zero-order valence-corrected chi connectivity index (χ0v) is 10.5. The molecule has 0 radical (unpaired) electrons. The van der Waals surface area contributed by atoms with Crippen molar-refractivity contribution in [3.8, 4) is 0 Å². The van der Waals surface area contributed by atoms with Gasteiger partial charge >= 0.3 is 0 Å². The molecule has 1 aromatic carbocycles. The average molecular weight is 234 g/mol. The summed E-state index contributed by atoms with van der Waals surface area (Å²) in [5.41, 5.74) is 8.45. The van der Waals surface area contributed by atoms with E-state index in [2.05, 4.69) is 29.6 Å². The molecule has 2 atom stereocenters. The van der Waals surface area contributed by atoms with Crippen molar-refractivity contribution in [2.24, 2.45) is 5.73 Å². The quantitative estimate of drug-likeness (QED) is 0.816. The summed E-state index contributed by atoms with van der Waals surface area (Å²) in [4.78, 5) is 0. The maximum Gasteiger partial charge on any atom is 0.0713 e. The van der Waals surface area contributed by atoms with Gasteiger partial charge in [0.25, 0.3) is 0 Å². The van der Waals surface area contributed by atoms with Gasteiger partial charge in [-0.25, -0.2) is 0 Å². The molecule has 2 unspecified atom stereocenters. The van der Waals surface area contributed by atoms with Gasteiger partial charge in [0, 0.05) is 25.7 Å². The third kappa shape index (κ3) is 3.80. The fourth-order valence-corrected chi connectivity index (χ4v) is 2.46. The SMILES string of the molecule is COCc1cccc(CNC2CCC(N)C2)c1. The average Bonchev–Trinajstić information content (AvgIpc) is 2.74. The van der Waals surface area contributed by atoms with Crippen molar-refractivity contribution >= 4 is 0 Å². The number of rotatable bonds is 5. The smallest absolute Gasteiger partial charge is 0.0713 e. The van der Waals surface area contributed by atoms with E-state index in [-0.39, 0.29) is 0 Å². The van der Waals surface area contributed by atoms with Gasteiger partial charge in [0.15, 0.2) is 0 Å². The first kappa shape index (κ1) is 12.6. The van der Waals surface area contributed by atoms with Crippen LogP contribution in [0.15, 0.2) is 24.3 Å². The third-order valence-electron chi connectivity index (χ3n) is 3.37. The summed E-state index contributed by atoms with van der Waals surface area (Å²) < 4.78 is 5.14. The van der Waals surface area contributed by atoms with Gasteiger partial charge in [-0.15, -0.1) is 0 Å². The van der Waals surface area contributed by atoms with Gasteiger partial charge in [0.1, 0.15) is 0 Å². The monoisotopic (exact) mass is 234 g/mol. The standard InChI is InChI=1S/C14H22N2O/c1-17-10-12-4-2-3-11(7-12)9-16-14-6-5-13(15)8-14/h2-4,7,13-14,16H,5-6,8-10,15H2,1H3. The molecule has 0 aromatic heterocycles. The van der Waals surface area contributed by atoms with Crippen molar-refractivity contribution in [1.82, 2.24) is 5.32 Å². The molecule has 3 nitrogen and oxygen atoms in total. The highest BCUT2D eigenvalue weighted by atomic mass is 16.5. The van der Waals surface area contributed by atoms with Crippen LogP contribution in [-0.4, -0.2) is 19.2 Å². The van der Waals surface area contributed by atoms with Crippen LogP contribution in [0.4, 0.5) is 0 Å². The number of hydrogen-bond donors (Lipinski definition) is 2. The Morgan fingerprint density at radius 3 is 2.88 bits per heavy atom. The lowest BCUT2D eigenvalue weighted by Crippen LogP contribution is -2.27. The summed E-state index contributed by atoms with van der Waals surface area (Å²) in [7, 11) is 1.73. The molecule has 3 heteroatoms. The lowest BCUT2D eigenvalue weighted by Gasteiger charge is -2.12. The van der Waals surface area contributed by atoms with Crippen molar-refractivity contribution in [1.29, 1.82) is 0 Å². The van der Waals surface area contributed by atoms with Crippen LogP contribution in [0, 0.1) is 0 Å². The van der Waals surface area contributed by atoms with Crippen molar-refractivity contribution < 1.29 is 4.74 Å². The van der Waals surface area contributed by atoms with Crippen molar-refractivity contribution in [3.63, 3.8) is 0 Å². The van der Waals surface area contributed by atoms with E-state index in [1.807, 2.05) is 0 Å². The highest BCUT2D eigenvalue weighted by molar-refractivity contribution is 5.22. The molecule has 0 spiro atoms. The van der Waals surface area contributed by atoms with E-state index in [1.165, 1.54) is 17.5 Å². The van der Waals surface area contributed by atoms with E-state index >= 15 is 0 Å². The molecule has 1 saturated carbocycles. The molecule has 0 aliphatic heterocycles. The predicted octanol–water partition coefficient (Wildman–Crippen LogP) is 1.80. The van der Waals surface area contributed by atoms with E-state index in [4.69, 9.17) is 10.5 Å². The summed E-state index contributed by atoms with van der Waals surface area (Å²) in [5.74, 6) is 0. The van der Waals surface area contributed by atoms with Gasteiger partial charge in [-0.2, -0.15) is 0 Å². The molecule has 17 heavy (non-hydrogen) atoms. The molecule has 0 amide bonds. The Labute approximate surface area is 103 Å². The van der Waals surface area contributed by atoms with E-state index in [9.17, 15) is 0 Å². The minimum Gasteiger partial charge on any atom is -0.380 e. The molecule has 3 N–H and O–H groups in total. The van der Waals surface area contributed by atoms with Crippen LogP contribution < -0.4 is 11.1 Å². The minimum atomic E-state index is 0.396. The number of hydrogen-bond acceptors (Lipinski definition) is 3. The second-order valence-electron chi connectivity index (χ2n) is 4.90. The highest BCUT2D eigenvalue weighted by Crippen LogP contribution is 2.17. The van der Waals surface area contributed by atoms with Gasteiger partial charge in [0.05, 0.1) is 6.61 Å². The molecule has 0 bridgehead atoms. The van der Waals surface area contributed by atoms with E-state index in [0.29, 0.717) is 18.7 Å². The van der Waals surface area contributed by atoms with Gasteiger partial charge in [0.2, 0.25) is 0 Å². The first-order valence-electron chi connectivity index (χ1n) is 6.33. The lowest BCUT2D eigenvalue weighted by molar-refractivity contribution is 0.185. The first-order chi connectivity index (χ1) is 8.28. The maximum atomic E-state index is 5.90. The minimum absolute atomic E-state index is 0.396. The zero-order valence-electron chi connectivity index (χ0n) is 10.5. The summed E-state index contributed by atoms with van der Waals surface area (Å²) in [5, 5.41) is 3.58. The number of benzene rings is 1. The van der Waals surface area contributed by atoms with Crippen LogP contribution >= 0.6 is 0 Å². The first-order valence-corrected chi connectivity index (χ1v) is 6.33. The molecule has 2 rings (SSSR count). The molecule has 0 saturated heterocycles. The highest BCUT2D eigenvalue weighted by Gasteiger charge is 2.20. The van der Waals surface area contributed by atoms with Crippen LogP contribution in [0.25, 0.3) is 0 Å². The largest absolute Gasteiger partial charge is 0.380 e. The van der Waals surface area contributed by atoms with Crippen LogP contribution in [-0.2, 0) is 17.9 Å². The Morgan fingerprint density at radius 1 is 1.35 bits per heavy atom. The molecular formula is C14H22N2O. The van der Waals surface area contributed by atoms with Gasteiger partial charge in [-0.3, -0.25) is 0 Å². The molecule has 1 aromatic rings. The second-order valence-corrected chi connectivity index (χ2v) is 4.90. The van der Waals surface area contributed by atoms with E-state index in [1.54, 1.807) is 7.11 Å². The molecular weight excluding hydrogens is 212 g/mol. The van der Waals surface area contributed by atoms with E-state index < -0.39 is 0 Å². The second kappa shape index (κ2) is 6.15. The summed E-state index contributed by atoms with van der Waals surface area (Å²) in [6.07, 6.45) is 3.47. The molecule has 1 aliphatic rings. The van der Waals surface area contributed by atoms with Gasteiger partial charge in [-0.1, -0.05) is 24.3 Å². The van der Waals surface area contributed by atoms with E-state index in [0.717, 1.165) is 19.4 Å². The molecule has 1 fully saturated rings. The van der Waals surface area contributed by atoms with Crippen molar-refractivity contribution in [3.05, 3.63) is 35.4 Å². The maximum absolute atomic E-state index is 5.90. The van der Waals surface area contributed by atoms with Crippen LogP contribution in [0.1, 0.15) is 30.4 Å². The van der Waals surface area contributed by atoms with Gasteiger partial charge < -0.3 is 15.8 Å². The van der Waals surface area contributed by atoms with Crippen molar-refractivity contribution in [2.75, 3.05) is 7.11 Å². The van der Waals surface area contributed by atoms with Gasteiger partial charge in [-0.05, 0) is 30.4 Å². The Kier molecular flexibility index (Phi) is 4.54. The van der Waals surface area contributed by atoms with Crippen molar-refractivity contribution in [2.45, 2.75) is 44.5 Å². The molecule has 1 aliphatic carbocycles. The Hall–Kier alpha value is -0.900. The summed E-state index contributed by atoms with van der Waals surface area (Å²) in [6, 6.07) is 9.53. The Balaban J connectivity index is 1.83. The predicted molar refractivity (Wildman–Crippen MR) is 69.6 cm³/mol. The molecule has 0 heterocycles. The zero-order chi connectivity index (χ0) is 12.1. The number of nitrogens with two attached hydrogens (primary N) is 1.